The first kappa shape index (κ1) is 16.9. The van der Waals surface area contributed by atoms with E-state index in [2.05, 4.69) is 10.2 Å². The summed E-state index contributed by atoms with van der Waals surface area (Å²) in [4.78, 5) is 27.0. The molecular weight excluding hydrogens is 258 g/mol. The van der Waals surface area contributed by atoms with E-state index in [0.717, 1.165) is 25.9 Å². The maximum Gasteiger partial charge on any atom is 0.322 e. The fourth-order valence-electron chi connectivity index (χ4n) is 2.28. The van der Waals surface area contributed by atoms with Gasteiger partial charge in [-0.15, -0.1) is 0 Å². The normalized spacial score (nSPS) is 18.6. The molecule has 1 aliphatic heterocycles. The van der Waals surface area contributed by atoms with Crippen molar-refractivity contribution in [2.45, 2.75) is 38.8 Å². The molecule has 0 aliphatic carbocycles. The third-order valence-electron chi connectivity index (χ3n) is 3.57. The number of hydrogen-bond donors (Lipinski definition) is 1. The van der Waals surface area contributed by atoms with Crippen molar-refractivity contribution in [2.24, 2.45) is 0 Å². The highest BCUT2D eigenvalue weighted by atomic mass is 16.5. The van der Waals surface area contributed by atoms with Crippen LogP contribution in [0.5, 0.6) is 0 Å². The van der Waals surface area contributed by atoms with Gasteiger partial charge in [0.2, 0.25) is 5.91 Å². The van der Waals surface area contributed by atoms with E-state index in [4.69, 9.17) is 4.74 Å². The minimum atomic E-state index is -0.269. The molecule has 1 unspecified atom stereocenters. The number of likely N-dealkylation sites (N-methyl/N-ethyl adjacent to an activating group) is 1. The topological polar surface area (TPSA) is 61.9 Å². The molecule has 1 fully saturated rings. The fraction of sp³-hybridized carbons (Fsp3) is 0.857. The van der Waals surface area contributed by atoms with Crippen molar-refractivity contribution in [3.63, 3.8) is 0 Å². The van der Waals surface area contributed by atoms with E-state index in [0.29, 0.717) is 19.2 Å². The molecular formula is C14H27N3O3. The Hall–Kier alpha value is -1.14. The van der Waals surface area contributed by atoms with E-state index in [1.165, 1.54) is 0 Å². The van der Waals surface area contributed by atoms with Gasteiger partial charge >= 0.3 is 5.97 Å². The summed E-state index contributed by atoms with van der Waals surface area (Å²) in [5.41, 5.74) is 0. The van der Waals surface area contributed by atoms with Crippen LogP contribution in [-0.2, 0) is 14.3 Å². The van der Waals surface area contributed by atoms with Gasteiger partial charge in [-0.1, -0.05) is 0 Å². The smallest absolute Gasteiger partial charge is 0.322 e. The summed E-state index contributed by atoms with van der Waals surface area (Å²) in [6.07, 6.45) is 1.90. The first-order valence-electron chi connectivity index (χ1n) is 7.29. The van der Waals surface area contributed by atoms with Gasteiger partial charge in [0.15, 0.2) is 0 Å². The van der Waals surface area contributed by atoms with Gasteiger partial charge in [0.05, 0.1) is 13.2 Å². The molecule has 6 heteroatoms. The van der Waals surface area contributed by atoms with E-state index in [1.54, 1.807) is 19.0 Å². The molecule has 0 aromatic rings. The molecule has 0 saturated carbocycles. The van der Waals surface area contributed by atoms with Gasteiger partial charge in [-0.3, -0.25) is 14.5 Å². The number of rotatable bonds is 6. The van der Waals surface area contributed by atoms with Gasteiger partial charge in [0.1, 0.15) is 6.04 Å². The summed E-state index contributed by atoms with van der Waals surface area (Å²) < 4.78 is 4.98. The monoisotopic (exact) mass is 285 g/mol. The van der Waals surface area contributed by atoms with Crippen molar-refractivity contribution >= 4 is 11.9 Å². The highest BCUT2D eigenvalue weighted by Crippen LogP contribution is 2.11. The molecule has 1 heterocycles. The predicted octanol–water partition coefficient (Wildman–Crippen LogP) is 0.0802. The molecule has 1 saturated heterocycles. The van der Waals surface area contributed by atoms with E-state index < -0.39 is 0 Å². The Morgan fingerprint density at radius 3 is 2.45 bits per heavy atom. The van der Waals surface area contributed by atoms with Gasteiger partial charge in [-0.2, -0.15) is 0 Å². The molecule has 0 spiro atoms. The minimum Gasteiger partial charge on any atom is -0.465 e. The lowest BCUT2D eigenvalue weighted by molar-refractivity contribution is -0.145. The van der Waals surface area contributed by atoms with Crippen LogP contribution in [0.3, 0.4) is 0 Å². The van der Waals surface area contributed by atoms with Crippen molar-refractivity contribution in [2.75, 3.05) is 40.3 Å². The number of esters is 1. The van der Waals surface area contributed by atoms with E-state index in [9.17, 15) is 9.59 Å². The summed E-state index contributed by atoms with van der Waals surface area (Å²) in [5, 5.41) is 3.30. The van der Waals surface area contributed by atoms with Crippen LogP contribution in [0.1, 0.15) is 26.7 Å². The molecule has 20 heavy (non-hydrogen) atoms. The zero-order valence-electron chi connectivity index (χ0n) is 13.0. The average molecular weight is 285 g/mol. The highest BCUT2D eigenvalue weighted by Gasteiger charge is 2.24. The van der Waals surface area contributed by atoms with Gasteiger partial charge in [0, 0.05) is 33.2 Å². The second-order valence-corrected chi connectivity index (χ2v) is 5.48. The third kappa shape index (κ3) is 5.46. The standard InChI is InChI=1S/C14H27N3O3/c1-5-20-14(19)11(2)15-12-6-8-17(9-7-12)10-13(18)16(3)4/h11-12,15H,5-10H2,1-4H3. The second-order valence-electron chi connectivity index (χ2n) is 5.48. The van der Waals surface area contributed by atoms with Crippen molar-refractivity contribution in [1.82, 2.24) is 15.1 Å². The predicted molar refractivity (Wildman–Crippen MR) is 77.4 cm³/mol. The lowest BCUT2D eigenvalue weighted by Crippen LogP contribution is -2.49. The number of piperidine rings is 1. The van der Waals surface area contributed by atoms with Crippen LogP contribution in [0.15, 0.2) is 0 Å². The number of carbonyl (C=O) groups is 2. The summed E-state index contributed by atoms with van der Waals surface area (Å²) in [7, 11) is 3.55. The van der Waals surface area contributed by atoms with Crippen LogP contribution in [-0.4, -0.2) is 74.1 Å². The Morgan fingerprint density at radius 1 is 1.35 bits per heavy atom. The molecule has 1 amide bonds. The number of nitrogens with one attached hydrogen (secondary N) is 1. The largest absolute Gasteiger partial charge is 0.465 e. The molecule has 0 bridgehead atoms. The van der Waals surface area contributed by atoms with Crippen molar-refractivity contribution in [1.29, 1.82) is 0 Å². The van der Waals surface area contributed by atoms with E-state index >= 15 is 0 Å². The fourth-order valence-corrected chi connectivity index (χ4v) is 2.28. The van der Waals surface area contributed by atoms with E-state index in [-0.39, 0.29) is 17.9 Å². The zero-order valence-corrected chi connectivity index (χ0v) is 13.0. The van der Waals surface area contributed by atoms with Crippen molar-refractivity contribution in [3.05, 3.63) is 0 Å². The van der Waals surface area contributed by atoms with Gasteiger partial charge in [0.25, 0.3) is 0 Å². The average Bonchev–Trinajstić information content (AvgIpc) is 2.41. The summed E-state index contributed by atoms with van der Waals surface area (Å²) in [6.45, 7) is 6.30. The quantitative estimate of drug-likeness (QED) is 0.700. The Balaban J connectivity index is 2.28. The Kier molecular flexibility index (Phi) is 6.95. The maximum atomic E-state index is 11.6. The number of nitrogens with zero attached hydrogens (tertiary/aromatic N) is 2. The Morgan fingerprint density at radius 2 is 1.95 bits per heavy atom. The molecule has 1 atom stereocenters. The SMILES string of the molecule is CCOC(=O)C(C)NC1CCN(CC(=O)N(C)C)CC1. The summed E-state index contributed by atoms with van der Waals surface area (Å²) in [6, 6.07) is 0.0509. The highest BCUT2D eigenvalue weighted by molar-refractivity contribution is 5.77. The number of amides is 1. The van der Waals surface area contributed by atoms with Gasteiger partial charge < -0.3 is 15.0 Å². The molecule has 0 radical (unpaired) electrons. The van der Waals surface area contributed by atoms with Crippen molar-refractivity contribution in [3.8, 4) is 0 Å². The Bertz CT molecular complexity index is 326. The van der Waals surface area contributed by atoms with Crippen LogP contribution in [0.25, 0.3) is 0 Å². The van der Waals surface area contributed by atoms with Crippen LogP contribution in [0, 0.1) is 0 Å². The summed E-state index contributed by atoms with van der Waals surface area (Å²) in [5.74, 6) is -0.0611. The lowest BCUT2D eigenvalue weighted by atomic mass is 10.0. The van der Waals surface area contributed by atoms with Gasteiger partial charge in [-0.25, -0.2) is 0 Å². The number of carbonyl (C=O) groups excluding carboxylic acids is 2. The second kappa shape index (κ2) is 8.21. The first-order valence-corrected chi connectivity index (χ1v) is 7.29. The molecule has 1 N–H and O–H groups in total. The molecule has 116 valence electrons. The van der Waals surface area contributed by atoms with Crippen LogP contribution < -0.4 is 5.32 Å². The maximum absolute atomic E-state index is 11.6. The lowest BCUT2D eigenvalue weighted by Gasteiger charge is -2.33. The molecule has 1 aliphatic rings. The van der Waals surface area contributed by atoms with Gasteiger partial charge in [-0.05, 0) is 26.7 Å². The van der Waals surface area contributed by atoms with Crippen LogP contribution in [0.2, 0.25) is 0 Å². The molecule has 0 aromatic heterocycles. The molecule has 6 nitrogen and oxygen atoms in total. The van der Waals surface area contributed by atoms with Crippen LogP contribution >= 0.6 is 0 Å². The summed E-state index contributed by atoms with van der Waals surface area (Å²) >= 11 is 0. The number of likely N-dealkylation sites (tertiary alicyclic amines) is 1. The Labute approximate surface area is 121 Å². The molecule has 0 aromatic carbocycles. The van der Waals surface area contributed by atoms with E-state index in [1.807, 2.05) is 13.8 Å². The third-order valence-corrected chi connectivity index (χ3v) is 3.57. The first-order chi connectivity index (χ1) is 9.43. The molecule has 1 rings (SSSR count). The zero-order chi connectivity index (χ0) is 15.1. The minimum absolute atomic E-state index is 0.135. The number of hydrogen-bond acceptors (Lipinski definition) is 5. The van der Waals surface area contributed by atoms with Crippen molar-refractivity contribution < 1.29 is 14.3 Å². The van der Waals surface area contributed by atoms with Crippen LogP contribution in [0.4, 0.5) is 0 Å². The number of ether oxygens (including phenoxy) is 1.